The number of carbonyl (C=O) groups excluding carboxylic acids is 2. The number of benzene rings is 3. The molecular formula is C24H11BrF12N2O2. The molecule has 0 saturated heterocycles. The molecular weight excluding hydrogens is 656 g/mol. The fourth-order valence-corrected chi connectivity index (χ4v) is 4.01. The molecule has 0 heterocycles. The van der Waals surface area contributed by atoms with Crippen LogP contribution in [0.5, 0.6) is 0 Å². The maximum absolute atomic E-state index is 14.4. The van der Waals surface area contributed by atoms with Crippen molar-refractivity contribution in [2.45, 2.75) is 24.2 Å². The summed E-state index contributed by atoms with van der Waals surface area (Å²) in [7, 11) is 0. The lowest BCUT2D eigenvalue weighted by Crippen LogP contribution is -2.50. The monoisotopic (exact) mass is 666 g/mol. The van der Waals surface area contributed by atoms with Crippen molar-refractivity contribution in [3.63, 3.8) is 0 Å². The van der Waals surface area contributed by atoms with E-state index in [-0.39, 0.29) is 21.7 Å². The topological polar surface area (TPSA) is 49.4 Å². The van der Waals surface area contributed by atoms with Gasteiger partial charge < -0.3 is 5.32 Å². The van der Waals surface area contributed by atoms with E-state index in [9.17, 15) is 62.3 Å². The maximum atomic E-state index is 14.4. The summed E-state index contributed by atoms with van der Waals surface area (Å²) in [5, 5.41) is 2.06. The zero-order valence-electron chi connectivity index (χ0n) is 19.5. The highest BCUT2D eigenvalue weighted by atomic mass is 79.9. The molecule has 220 valence electrons. The fraction of sp³-hybridized carbons (Fsp3) is 0.167. The zero-order chi connectivity index (χ0) is 31.1. The molecule has 0 aromatic heterocycles. The Morgan fingerprint density at radius 3 is 1.78 bits per heavy atom. The molecule has 0 aliphatic rings. The van der Waals surface area contributed by atoms with Gasteiger partial charge in [-0.25, -0.2) is 17.1 Å². The molecule has 4 nitrogen and oxygen atoms in total. The highest BCUT2D eigenvalue weighted by molar-refractivity contribution is 9.10. The number of carbonyl (C=O) groups is 2. The first-order valence-corrected chi connectivity index (χ1v) is 11.3. The molecule has 0 unspecified atom stereocenters. The number of anilines is 2. The highest BCUT2D eigenvalue weighted by Gasteiger charge is 2.73. The second-order valence-electron chi connectivity index (χ2n) is 8.10. The van der Waals surface area contributed by atoms with Crippen molar-refractivity contribution in [2.75, 3.05) is 9.24 Å². The molecule has 1 N–H and O–H groups in total. The molecule has 0 radical (unpaired) electrons. The quantitative estimate of drug-likeness (QED) is 0.219. The number of rotatable bonds is 5. The van der Waals surface area contributed by atoms with Crippen LogP contribution >= 0.6 is 16.1 Å². The predicted octanol–water partition coefficient (Wildman–Crippen LogP) is 8.48. The molecule has 0 saturated carbocycles. The van der Waals surface area contributed by atoms with Crippen LogP contribution in [0.4, 0.5) is 64.1 Å². The van der Waals surface area contributed by atoms with Gasteiger partial charge in [-0.3, -0.25) is 9.59 Å². The average molecular weight is 667 g/mol. The Morgan fingerprint density at radius 2 is 1.27 bits per heavy atom. The van der Waals surface area contributed by atoms with E-state index in [0.717, 1.165) is 42.5 Å². The van der Waals surface area contributed by atoms with Crippen molar-refractivity contribution >= 4 is 39.3 Å². The number of nitrogens with zero attached hydrogens (tertiary/aromatic N) is 1. The Kier molecular flexibility index (Phi) is 8.45. The first-order chi connectivity index (χ1) is 18.7. The van der Waals surface area contributed by atoms with Gasteiger partial charge >= 0.3 is 24.2 Å². The van der Waals surface area contributed by atoms with Gasteiger partial charge in [-0.15, -0.1) is 0 Å². The van der Waals surface area contributed by atoms with E-state index in [4.69, 9.17) is 0 Å². The van der Waals surface area contributed by atoms with Crippen molar-refractivity contribution in [2.24, 2.45) is 0 Å². The van der Waals surface area contributed by atoms with E-state index in [2.05, 4.69) is 21.5 Å². The van der Waals surface area contributed by atoms with Crippen LogP contribution in [0.15, 0.2) is 60.7 Å². The van der Waals surface area contributed by atoms with E-state index in [1.165, 1.54) is 0 Å². The highest BCUT2D eigenvalue weighted by Crippen LogP contribution is 2.54. The van der Waals surface area contributed by atoms with E-state index in [0.29, 0.717) is 0 Å². The summed E-state index contributed by atoms with van der Waals surface area (Å²) >= 11 is 2.48. The molecule has 41 heavy (non-hydrogen) atoms. The zero-order valence-corrected chi connectivity index (χ0v) is 21.0. The number of halogens is 13. The van der Waals surface area contributed by atoms with Crippen LogP contribution in [0.1, 0.15) is 31.8 Å². The summed E-state index contributed by atoms with van der Waals surface area (Å²) in [6, 6.07) is 5.64. The molecule has 2 amide bonds. The predicted molar refractivity (Wildman–Crippen MR) is 123 cm³/mol. The van der Waals surface area contributed by atoms with Crippen LogP contribution in [0.3, 0.4) is 0 Å². The molecule has 0 atom stereocenters. The summed E-state index contributed by atoms with van der Waals surface area (Å²) in [4.78, 5) is 25.2. The normalized spacial score (nSPS) is 12.7. The Balaban J connectivity index is 2.01. The average Bonchev–Trinajstić information content (AvgIpc) is 2.85. The largest absolute Gasteiger partial charge is 0.435 e. The minimum absolute atomic E-state index is 0.0171. The second-order valence-corrected chi connectivity index (χ2v) is 8.81. The molecule has 17 heteroatoms. The van der Waals surface area contributed by atoms with E-state index in [1.807, 2.05) is 0 Å². The first kappa shape index (κ1) is 31.8. The molecule has 3 rings (SSSR count). The van der Waals surface area contributed by atoms with Gasteiger partial charge in [0.2, 0.25) is 0 Å². The molecule has 0 bridgehead atoms. The first-order valence-electron chi connectivity index (χ1n) is 10.6. The number of nitrogens with one attached hydrogen (secondary N) is 1. The van der Waals surface area contributed by atoms with Crippen LogP contribution in [0.2, 0.25) is 0 Å². The summed E-state index contributed by atoms with van der Waals surface area (Å²) in [6.07, 6.45) is -19.1. The van der Waals surface area contributed by atoms with Crippen molar-refractivity contribution in [3.05, 3.63) is 94.6 Å². The smallest absolute Gasteiger partial charge is 0.322 e. The van der Waals surface area contributed by atoms with Crippen molar-refractivity contribution < 1.29 is 62.3 Å². The van der Waals surface area contributed by atoms with Crippen LogP contribution in [0, 0.1) is 11.6 Å². The van der Waals surface area contributed by atoms with Gasteiger partial charge in [0.25, 0.3) is 11.8 Å². The van der Waals surface area contributed by atoms with Crippen molar-refractivity contribution in [1.29, 1.82) is 0 Å². The Labute approximate surface area is 229 Å². The lowest BCUT2D eigenvalue weighted by atomic mass is 9.92. The van der Waals surface area contributed by atoms with Crippen molar-refractivity contribution in [1.82, 2.24) is 0 Å². The van der Waals surface area contributed by atoms with Crippen LogP contribution in [0.25, 0.3) is 0 Å². The third-order valence-electron chi connectivity index (χ3n) is 5.43. The van der Waals surface area contributed by atoms with Gasteiger partial charge in [0.1, 0.15) is 17.2 Å². The third kappa shape index (κ3) is 6.13. The molecule has 0 aliphatic carbocycles. The van der Waals surface area contributed by atoms with E-state index < -0.39 is 81.7 Å². The van der Waals surface area contributed by atoms with E-state index in [1.54, 1.807) is 0 Å². The van der Waals surface area contributed by atoms with Crippen LogP contribution < -0.4 is 9.24 Å². The van der Waals surface area contributed by atoms with Crippen LogP contribution in [-0.4, -0.2) is 24.2 Å². The van der Waals surface area contributed by atoms with Gasteiger partial charge in [-0.1, -0.05) is 18.2 Å². The Hall–Kier alpha value is -3.76. The molecule has 3 aromatic rings. The van der Waals surface area contributed by atoms with Gasteiger partial charge in [0, 0.05) is 16.8 Å². The van der Waals surface area contributed by atoms with Gasteiger partial charge in [0.15, 0.2) is 0 Å². The summed E-state index contributed by atoms with van der Waals surface area (Å²) in [5.41, 5.74) is -14.0. The lowest BCUT2D eigenvalue weighted by molar-refractivity contribution is -0.348. The number of amides is 2. The number of hydrogen-bond acceptors (Lipinski definition) is 2. The number of hydrogen-bond donors (Lipinski definition) is 1. The summed E-state index contributed by atoms with van der Waals surface area (Å²) in [6.45, 7) is 0. The SMILES string of the molecule is O=C(Nc1cccc(C(=O)N(Br)c2ccc(C(F)(C(F)(F)F)C(F)(F)F)cc2C(F)(F)F)c1)c1c(F)cccc1F. The van der Waals surface area contributed by atoms with Gasteiger partial charge in [-0.05, 0) is 42.5 Å². The van der Waals surface area contributed by atoms with Crippen molar-refractivity contribution in [3.8, 4) is 0 Å². The Morgan fingerprint density at radius 1 is 0.732 bits per heavy atom. The molecule has 0 fully saturated rings. The fourth-order valence-electron chi connectivity index (χ4n) is 3.50. The minimum atomic E-state index is -6.70. The summed E-state index contributed by atoms with van der Waals surface area (Å²) in [5.74, 6) is -5.18. The summed E-state index contributed by atoms with van der Waals surface area (Å²) < 4.78 is 162. The lowest BCUT2D eigenvalue weighted by Gasteiger charge is -2.31. The number of alkyl halides is 10. The third-order valence-corrected chi connectivity index (χ3v) is 6.13. The molecule has 0 aliphatic heterocycles. The van der Waals surface area contributed by atoms with Crippen LogP contribution in [-0.2, 0) is 11.8 Å². The van der Waals surface area contributed by atoms with Gasteiger partial charge in [-0.2, -0.15) is 39.5 Å². The Bertz CT molecular complexity index is 1450. The minimum Gasteiger partial charge on any atom is -0.322 e. The van der Waals surface area contributed by atoms with Gasteiger partial charge in [0.05, 0.1) is 27.4 Å². The van der Waals surface area contributed by atoms with E-state index >= 15 is 0 Å². The standard InChI is InChI=1S/C24H11BrF12N2O2/c25-39(17-8-7-12(10-14(17)22(29,30)31)21(28,23(32,33)34)24(35,36)37)20(41)11-3-1-4-13(9-11)38-19(40)18-15(26)5-2-6-16(18)27/h1-10H,(H,38,40). The second kappa shape index (κ2) is 10.9. The maximum Gasteiger partial charge on any atom is 0.435 e. The molecule has 3 aromatic carbocycles. The molecule has 0 spiro atoms.